The second-order valence-electron chi connectivity index (χ2n) is 19.6. The topological polar surface area (TPSA) is 6.48 Å². The average Bonchev–Trinajstić information content (AvgIpc) is 3.28. The molecule has 6 aromatic carbocycles. The first-order valence-corrected chi connectivity index (χ1v) is 22.1. The molecular weight excluding hydrogens is 723 g/mol. The fraction of sp³-hybridized carbons (Fsp3) is 0.228. The Balaban J connectivity index is 1.20. The van der Waals surface area contributed by atoms with Crippen LogP contribution in [0.15, 0.2) is 181 Å². The molecule has 0 N–H and O–H groups in total. The molecule has 0 saturated heterocycles. The first kappa shape index (κ1) is 35.9. The first-order valence-electron chi connectivity index (χ1n) is 22.1. The molecule has 0 fully saturated rings. The Morgan fingerprint density at radius 1 is 0.567 bits per heavy atom. The van der Waals surface area contributed by atoms with Crippen molar-refractivity contribution in [1.29, 1.82) is 0 Å². The molecule has 292 valence electrons. The van der Waals surface area contributed by atoms with Gasteiger partial charge in [-0.3, -0.25) is 0 Å². The van der Waals surface area contributed by atoms with Crippen LogP contribution in [0.4, 0.5) is 17.1 Å². The minimum Gasteiger partial charge on any atom is -0.380 e. The molecule has 12 rings (SSSR count). The summed E-state index contributed by atoms with van der Waals surface area (Å²) in [6.07, 6.45) is 14.4. The van der Waals surface area contributed by atoms with Gasteiger partial charge in [-0.15, -0.1) is 0 Å². The maximum Gasteiger partial charge on any atom is 0.306 e. The summed E-state index contributed by atoms with van der Waals surface area (Å²) in [6.45, 7) is 14.8. The van der Waals surface area contributed by atoms with Crippen molar-refractivity contribution in [1.82, 2.24) is 0 Å². The Morgan fingerprint density at radius 3 is 1.87 bits per heavy atom. The molecular formula is C57H51BN2. The molecule has 6 aliphatic rings. The lowest BCUT2D eigenvalue weighted by Crippen LogP contribution is -2.65. The largest absolute Gasteiger partial charge is 0.380 e. The molecule has 6 aromatic rings. The van der Waals surface area contributed by atoms with E-state index in [1.54, 1.807) is 0 Å². The highest BCUT2D eigenvalue weighted by molar-refractivity contribution is 6.84. The summed E-state index contributed by atoms with van der Waals surface area (Å²) in [6, 6.07) is 51.1. The summed E-state index contributed by atoms with van der Waals surface area (Å²) >= 11 is 0. The van der Waals surface area contributed by atoms with Crippen molar-refractivity contribution in [3.8, 4) is 33.4 Å². The van der Waals surface area contributed by atoms with E-state index in [0.717, 1.165) is 12.8 Å². The molecule has 60 heavy (non-hydrogen) atoms. The molecule has 0 bridgehead atoms. The van der Waals surface area contributed by atoms with E-state index < -0.39 is 0 Å². The second kappa shape index (κ2) is 12.5. The van der Waals surface area contributed by atoms with E-state index in [0.29, 0.717) is 0 Å². The van der Waals surface area contributed by atoms with Crippen molar-refractivity contribution in [2.75, 3.05) is 9.71 Å². The normalized spacial score (nSPS) is 21.6. The molecule has 3 aliphatic carbocycles. The van der Waals surface area contributed by atoms with Crippen molar-refractivity contribution >= 4 is 29.4 Å². The van der Waals surface area contributed by atoms with Gasteiger partial charge in [0.15, 0.2) is 0 Å². The van der Waals surface area contributed by atoms with Crippen LogP contribution in [0.2, 0.25) is 5.82 Å². The van der Waals surface area contributed by atoms with Crippen LogP contribution >= 0.6 is 0 Å². The van der Waals surface area contributed by atoms with E-state index in [2.05, 4.69) is 215 Å². The van der Waals surface area contributed by atoms with Gasteiger partial charge >= 0.3 is 6.85 Å². The molecule has 0 amide bonds. The third-order valence-corrected chi connectivity index (χ3v) is 15.4. The Hall–Kier alpha value is -6.06. The van der Waals surface area contributed by atoms with E-state index in [1.165, 1.54) is 95.0 Å². The predicted octanol–water partition coefficient (Wildman–Crippen LogP) is 13.7. The van der Waals surface area contributed by atoms with Crippen LogP contribution in [0.3, 0.4) is 0 Å². The van der Waals surface area contributed by atoms with E-state index in [9.17, 15) is 0 Å². The van der Waals surface area contributed by atoms with Gasteiger partial charge in [0, 0.05) is 50.4 Å². The zero-order valence-electron chi connectivity index (χ0n) is 35.6. The lowest BCUT2D eigenvalue weighted by atomic mass is 9.36. The Bertz CT molecular complexity index is 2910. The summed E-state index contributed by atoms with van der Waals surface area (Å²) in [5, 5.41) is 0. The molecule has 3 aliphatic heterocycles. The molecule has 3 heterocycles. The Kier molecular flexibility index (Phi) is 7.46. The highest BCUT2D eigenvalue weighted by Crippen LogP contribution is 2.60. The van der Waals surface area contributed by atoms with Crippen molar-refractivity contribution in [2.45, 2.75) is 77.1 Å². The molecule has 2 unspecified atom stereocenters. The highest BCUT2D eigenvalue weighted by atomic mass is 15.2. The zero-order valence-corrected chi connectivity index (χ0v) is 35.6. The predicted molar refractivity (Wildman–Crippen MR) is 254 cm³/mol. The first-order chi connectivity index (χ1) is 29.0. The summed E-state index contributed by atoms with van der Waals surface area (Å²) in [7, 11) is 0. The van der Waals surface area contributed by atoms with Gasteiger partial charge in [0.25, 0.3) is 0 Å². The molecule has 0 saturated carbocycles. The standard InChI is InChI=1S/C57H51BN2/c1-55(2)43-22-13-14-23-44(43)56(3,4)48-35-51-41(34-47(48)55)42-32-39(37-20-11-8-12-21-37)33-52-53(42)58(60(51)40-30-28-38(29-31-40)36-18-9-7-10-19-36)49-26-17-25-46-54(49)59(52)50-27-16-15-24-45(50)57(46,5)6/h7-15,17-26,28-35,49,54H,16,27H2,1-6H3. The molecule has 2 nitrogen and oxygen atoms in total. The van der Waals surface area contributed by atoms with Gasteiger partial charge in [-0.2, -0.15) is 0 Å². The highest BCUT2D eigenvalue weighted by Gasteiger charge is 2.57. The van der Waals surface area contributed by atoms with Crippen molar-refractivity contribution in [2.24, 2.45) is 5.41 Å². The van der Waals surface area contributed by atoms with Crippen LogP contribution < -0.4 is 15.2 Å². The van der Waals surface area contributed by atoms with Gasteiger partial charge in [0.05, 0.1) is 6.04 Å². The summed E-state index contributed by atoms with van der Waals surface area (Å²) in [4.78, 5) is 5.60. The number of benzene rings is 6. The maximum atomic E-state index is 2.83. The van der Waals surface area contributed by atoms with E-state index in [-0.39, 0.29) is 35.0 Å². The van der Waals surface area contributed by atoms with E-state index in [1.807, 2.05) is 0 Å². The SMILES string of the molecule is CC1(C)C2=CC=CC3B4c5c(cc(-c6ccccc6)cc5N(C5=C1C=CCC5)C23)-c1cc2c(cc1N4c1ccc(-c3ccccc3)cc1)C(C)(C)c1ccccc1C2(C)C. The van der Waals surface area contributed by atoms with Crippen molar-refractivity contribution in [3.63, 3.8) is 0 Å². The number of anilines is 3. The summed E-state index contributed by atoms with van der Waals surface area (Å²) < 4.78 is 0. The quantitative estimate of drug-likeness (QED) is 0.165. The number of hydrogen-bond acceptors (Lipinski definition) is 2. The van der Waals surface area contributed by atoms with Crippen LogP contribution in [0.25, 0.3) is 33.4 Å². The van der Waals surface area contributed by atoms with Gasteiger partial charge in [0.1, 0.15) is 0 Å². The third kappa shape index (κ3) is 4.78. The van der Waals surface area contributed by atoms with Crippen LogP contribution in [0.5, 0.6) is 0 Å². The van der Waals surface area contributed by atoms with Crippen LogP contribution in [0.1, 0.15) is 76.6 Å². The van der Waals surface area contributed by atoms with E-state index in [4.69, 9.17) is 0 Å². The third-order valence-electron chi connectivity index (χ3n) is 15.4. The smallest absolute Gasteiger partial charge is 0.306 e. The van der Waals surface area contributed by atoms with Crippen molar-refractivity contribution < 1.29 is 0 Å². The van der Waals surface area contributed by atoms with Crippen LogP contribution in [-0.2, 0) is 10.8 Å². The minimum atomic E-state index is -0.175. The van der Waals surface area contributed by atoms with Gasteiger partial charge in [-0.25, -0.2) is 0 Å². The number of nitrogens with zero attached hydrogens (tertiary/aromatic N) is 2. The summed E-state index contributed by atoms with van der Waals surface area (Å²) in [5.41, 5.74) is 22.9. The number of fused-ring (bicyclic) bond motifs is 7. The molecule has 0 radical (unpaired) electrons. The lowest BCUT2D eigenvalue weighted by molar-refractivity contribution is 0.444. The van der Waals surface area contributed by atoms with Gasteiger partial charge in [-0.1, -0.05) is 169 Å². The molecule has 3 heteroatoms. The molecule has 2 atom stereocenters. The van der Waals surface area contributed by atoms with Gasteiger partial charge in [-0.05, 0) is 116 Å². The monoisotopic (exact) mass is 774 g/mol. The number of hydrogen-bond donors (Lipinski definition) is 0. The molecule has 0 spiro atoms. The summed E-state index contributed by atoms with van der Waals surface area (Å²) in [5.74, 6) is 0.223. The Morgan fingerprint density at radius 2 is 1.18 bits per heavy atom. The molecule has 0 aromatic heterocycles. The number of allylic oxidation sites excluding steroid dienone is 6. The van der Waals surface area contributed by atoms with Crippen LogP contribution in [-0.4, -0.2) is 12.9 Å². The van der Waals surface area contributed by atoms with Crippen molar-refractivity contribution in [3.05, 3.63) is 203 Å². The van der Waals surface area contributed by atoms with Gasteiger partial charge in [0.2, 0.25) is 0 Å². The fourth-order valence-electron chi connectivity index (χ4n) is 12.4. The lowest BCUT2D eigenvalue weighted by Gasteiger charge is -2.59. The average molecular weight is 775 g/mol. The van der Waals surface area contributed by atoms with E-state index >= 15 is 0 Å². The second-order valence-corrected chi connectivity index (χ2v) is 19.6. The zero-order chi connectivity index (χ0) is 40.7. The van der Waals surface area contributed by atoms with Gasteiger partial charge < -0.3 is 9.71 Å². The van der Waals surface area contributed by atoms with Crippen LogP contribution in [0, 0.1) is 5.41 Å². The Labute approximate surface area is 356 Å². The fourth-order valence-corrected chi connectivity index (χ4v) is 12.4. The minimum absolute atomic E-state index is 0.0788. The maximum absolute atomic E-state index is 2.83. The number of rotatable bonds is 3.